The third-order valence-corrected chi connectivity index (χ3v) is 4.60. The summed E-state index contributed by atoms with van der Waals surface area (Å²) < 4.78 is 15.5. The van der Waals surface area contributed by atoms with E-state index in [1.807, 2.05) is 44.4 Å². The van der Waals surface area contributed by atoms with E-state index in [9.17, 15) is 9.18 Å². The van der Waals surface area contributed by atoms with Gasteiger partial charge in [0.1, 0.15) is 11.5 Å². The van der Waals surface area contributed by atoms with Crippen molar-refractivity contribution in [3.8, 4) is 5.69 Å². The van der Waals surface area contributed by atoms with Crippen LogP contribution in [0.3, 0.4) is 0 Å². The van der Waals surface area contributed by atoms with Gasteiger partial charge in [0.25, 0.3) is 5.91 Å². The fourth-order valence-corrected chi connectivity index (χ4v) is 3.06. The molecule has 1 atom stereocenters. The van der Waals surface area contributed by atoms with Gasteiger partial charge < -0.3 is 10.2 Å². The molecule has 0 aliphatic carbocycles. The van der Waals surface area contributed by atoms with Gasteiger partial charge in [0, 0.05) is 6.54 Å². The number of nitrogens with zero attached hydrogens (tertiary/aromatic N) is 3. The van der Waals surface area contributed by atoms with E-state index in [1.54, 1.807) is 25.1 Å². The molecule has 3 aromatic rings. The van der Waals surface area contributed by atoms with Crippen molar-refractivity contribution in [2.45, 2.75) is 13.0 Å². The van der Waals surface area contributed by atoms with Crippen LogP contribution in [0, 0.1) is 12.7 Å². The van der Waals surface area contributed by atoms with Gasteiger partial charge in [-0.25, -0.2) is 9.07 Å². The van der Waals surface area contributed by atoms with E-state index in [-0.39, 0.29) is 17.8 Å². The van der Waals surface area contributed by atoms with Crippen molar-refractivity contribution in [2.24, 2.45) is 0 Å². The second kappa shape index (κ2) is 8.14. The van der Waals surface area contributed by atoms with Crippen molar-refractivity contribution in [3.05, 3.63) is 83.4 Å². The first-order valence-corrected chi connectivity index (χ1v) is 8.78. The topological polar surface area (TPSA) is 50.2 Å². The average Bonchev–Trinajstić information content (AvgIpc) is 3.04. The van der Waals surface area contributed by atoms with Gasteiger partial charge in [-0.2, -0.15) is 5.10 Å². The first-order valence-electron chi connectivity index (χ1n) is 8.78. The smallest absolute Gasteiger partial charge is 0.254 e. The number of benzene rings is 2. The molecule has 0 aliphatic rings. The fraction of sp³-hybridized carbons (Fsp3) is 0.238. The van der Waals surface area contributed by atoms with E-state index in [0.29, 0.717) is 23.5 Å². The van der Waals surface area contributed by atoms with Gasteiger partial charge in [0.2, 0.25) is 0 Å². The van der Waals surface area contributed by atoms with Crippen LogP contribution < -0.4 is 5.32 Å². The molecule has 0 saturated carbocycles. The van der Waals surface area contributed by atoms with Gasteiger partial charge in [0.05, 0.1) is 23.5 Å². The summed E-state index contributed by atoms with van der Waals surface area (Å²) in [6, 6.07) is 16.4. The van der Waals surface area contributed by atoms with Crippen molar-refractivity contribution in [2.75, 3.05) is 20.6 Å². The van der Waals surface area contributed by atoms with Crippen molar-refractivity contribution in [1.82, 2.24) is 20.0 Å². The van der Waals surface area contributed by atoms with Crippen LogP contribution in [-0.2, 0) is 0 Å². The van der Waals surface area contributed by atoms with Crippen molar-refractivity contribution in [1.29, 1.82) is 0 Å². The average molecular weight is 366 g/mol. The molecule has 0 fully saturated rings. The van der Waals surface area contributed by atoms with Crippen molar-refractivity contribution >= 4 is 5.91 Å². The molecule has 27 heavy (non-hydrogen) atoms. The molecular weight excluding hydrogens is 343 g/mol. The Morgan fingerprint density at radius 2 is 1.81 bits per heavy atom. The van der Waals surface area contributed by atoms with Crippen LogP contribution in [0.5, 0.6) is 0 Å². The molecule has 3 rings (SSSR count). The van der Waals surface area contributed by atoms with E-state index in [0.717, 1.165) is 5.56 Å². The van der Waals surface area contributed by atoms with Gasteiger partial charge >= 0.3 is 0 Å². The maximum absolute atomic E-state index is 14.0. The highest BCUT2D eigenvalue weighted by Gasteiger charge is 2.19. The molecule has 2 aromatic carbocycles. The highest BCUT2D eigenvalue weighted by molar-refractivity contribution is 5.95. The highest BCUT2D eigenvalue weighted by Crippen LogP contribution is 2.19. The molecule has 1 aromatic heterocycles. The predicted octanol–water partition coefficient (Wildman–Crippen LogP) is 3.35. The van der Waals surface area contributed by atoms with Crippen LogP contribution >= 0.6 is 0 Å². The lowest BCUT2D eigenvalue weighted by atomic mass is 10.1. The number of halogens is 1. The van der Waals surface area contributed by atoms with Crippen molar-refractivity contribution in [3.63, 3.8) is 0 Å². The number of nitrogens with one attached hydrogen (secondary N) is 1. The lowest BCUT2D eigenvalue weighted by Gasteiger charge is -2.25. The molecule has 1 heterocycles. The van der Waals surface area contributed by atoms with Crippen LogP contribution in [-0.4, -0.2) is 41.2 Å². The Morgan fingerprint density at radius 1 is 1.15 bits per heavy atom. The molecule has 0 spiro atoms. The number of likely N-dealkylation sites (N-methyl/N-ethyl adjacent to an activating group) is 1. The lowest BCUT2D eigenvalue weighted by molar-refractivity contribution is 0.0941. The molecule has 0 aliphatic heterocycles. The molecule has 0 bridgehead atoms. The number of hydrogen-bond acceptors (Lipinski definition) is 3. The molecule has 6 heteroatoms. The van der Waals surface area contributed by atoms with Gasteiger partial charge in [-0.1, -0.05) is 42.5 Å². The van der Waals surface area contributed by atoms with E-state index in [1.165, 1.54) is 16.9 Å². The largest absolute Gasteiger partial charge is 0.350 e. The molecular formula is C21H23FN4O. The first kappa shape index (κ1) is 18.8. The minimum Gasteiger partial charge on any atom is -0.350 e. The maximum atomic E-state index is 14.0. The summed E-state index contributed by atoms with van der Waals surface area (Å²) in [4.78, 5) is 14.7. The second-order valence-corrected chi connectivity index (χ2v) is 6.61. The minimum absolute atomic E-state index is 0.0528. The third-order valence-electron chi connectivity index (χ3n) is 4.60. The summed E-state index contributed by atoms with van der Waals surface area (Å²) in [5.74, 6) is -0.606. The van der Waals surface area contributed by atoms with E-state index in [2.05, 4.69) is 15.3 Å². The molecule has 0 saturated heterocycles. The van der Waals surface area contributed by atoms with Gasteiger partial charge in [-0.3, -0.25) is 4.79 Å². The zero-order valence-electron chi connectivity index (χ0n) is 15.7. The Hall–Kier alpha value is -2.99. The predicted molar refractivity (Wildman–Crippen MR) is 103 cm³/mol. The Labute approximate surface area is 158 Å². The number of para-hydroxylation sites is 1. The van der Waals surface area contributed by atoms with Crippen LogP contribution in [0.25, 0.3) is 5.69 Å². The molecule has 0 radical (unpaired) electrons. The van der Waals surface area contributed by atoms with Crippen LogP contribution in [0.15, 0.2) is 60.8 Å². The fourth-order valence-electron chi connectivity index (χ4n) is 3.06. The Bertz CT molecular complexity index is 921. The van der Waals surface area contributed by atoms with Gasteiger partial charge in [-0.15, -0.1) is 0 Å². The summed E-state index contributed by atoms with van der Waals surface area (Å²) in [6.07, 6.45) is 1.48. The normalized spacial score (nSPS) is 12.2. The second-order valence-electron chi connectivity index (χ2n) is 6.61. The molecule has 1 N–H and O–H groups in total. The molecule has 5 nitrogen and oxygen atoms in total. The number of carbonyl (C=O) groups excluding carboxylic acids is 1. The summed E-state index contributed by atoms with van der Waals surface area (Å²) >= 11 is 0. The molecule has 1 unspecified atom stereocenters. The zero-order valence-corrected chi connectivity index (χ0v) is 15.7. The number of rotatable bonds is 6. The highest BCUT2D eigenvalue weighted by atomic mass is 19.1. The number of carbonyl (C=O) groups is 1. The Morgan fingerprint density at radius 3 is 2.48 bits per heavy atom. The summed E-state index contributed by atoms with van der Waals surface area (Å²) in [7, 11) is 3.95. The number of aromatic nitrogens is 2. The minimum atomic E-state index is -0.382. The number of hydrogen-bond donors (Lipinski definition) is 1. The van der Waals surface area contributed by atoms with Gasteiger partial charge in [0.15, 0.2) is 0 Å². The van der Waals surface area contributed by atoms with Crippen LogP contribution in [0.4, 0.5) is 4.39 Å². The zero-order chi connectivity index (χ0) is 19.4. The maximum Gasteiger partial charge on any atom is 0.254 e. The summed E-state index contributed by atoms with van der Waals surface area (Å²) in [6.45, 7) is 2.22. The van der Waals surface area contributed by atoms with E-state index in [4.69, 9.17) is 0 Å². The molecule has 1 amide bonds. The third kappa shape index (κ3) is 4.06. The monoisotopic (exact) mass is 366 g/mol. The number of amides is 1. The van der Waals surface area contributed by atoms with Crippen LogP contribution in [0.1, 0.15) is 27.7 Å². The summed E-state index contributed by atoms with van der Waals surface area (Å²) in [5, 5.41) is 7.17. The van der Waals surface area contributed by atoms with Crippen molar-refractivity contribution < 1.29 is 9.18 Å². The Balaban J connectivity index is 1.76. The quantitative estimate of drug-likeness (QED) is 0.728. The Kier molecular flexibility index (Phi) is 5.66. The summed E-state index contributed by atoms with van der Waals surface area (Å²) in [5.41, 5.74) is 2.48. The lowest BCUT2D eigenvalue weighted by Crippen LogP contribution is -2.34. The standard InChI is InChI=1S/C21H23FN4O/c1-15-17(13-24-26(15)19-12-8-7-11-18(19)22)21(27)23-14-20(25(2)3)16-9-5-4-6-10-16/h4-13,20H,14H2,1-3H3,(H,23,27). The van der Waals surface area contributed by atoms with Crippen LogP contribution in [0.2, 0.25) is 0 Å². The molecule has 140 valence electrons. The van der Waals surface area contributed by atoms with E-state index >= 15 is 0 Å². The first-order chi connectivity index (χ1) is 13.0. The van der Waals surface area contributed by atoms with E-state index < -0.39 is 0 Å². The van der Waals surface area contributed by atoms with Gasteiger partial charge in [-0.05, 0) is 38.7 Å². The SMILES string of the molecule is Cc1c(C(=O)NCC(c2ccccc2)N(C)C)cnn1-c1ccccc1F.